The van der Waals surface area contributed by atoms with Gasteiger partial charge in [-0.2, -0.15) is 0 Å². The minimum atomic E-state index is -1.83. The second kappa shape index (κ2) is 6.06. The average Bonchev–Trinajstić information content (AvgIpc) is 2.18. The second-order valence-corrected chi connectivity index (χ2v) is 4.57. The third kappa shape index (κ3) is 4.61. The van der Waals surface area contributed by atoms with Gasteiger partial charge in [0.05, 0.1) is 6.10 Å². The molecule has 0 saturated heterocycles. The molecule has 84 valence electrons. The monoisotopic (exact) mass is 228 g/mol. The lowest BCUT2D eigenvalue weighted by Crippen LogP contribution is -2.13. The van der Waals surface area contributed by atoms with Crippen molar-refractivity contribution in [2.24, 2.45) is 5.92 Å². The largest absolute Gasteiger partial charge is 0.427 e. The van der Waals surface area contributed by atoms with Crippen molar-refractivity contribution < 1.29 is 13.9 Å². The fraction of sp³-hybridized carbons (Fsp3) is 0.455. The highest BCUT2D eigenvalue weighted by Gasteiger charge is 2.16. The van der Waals surface area contributed by atoms with Crippen molar-refractivity contribution in [2.75, 3.05) is 0 Å². The SMILES string of the molecule is CC(C)C(C)OP(O)Oc1ccccc1. The van der Waals surface area contributed by atoms with Gasteiger partial charge in [-0.1, -0.05) is 32.0 Å². The molecule has 3 nitrogen and oxygen atoms in total. The Morgan fingerprint density at radius 2 is 1.73 bits per heavy atom. The molecule has 2 atom stereocenters. The Bertz CT molecular complexity index is 276. The van der Waals surface area contributed by atoms with Crippen LogP contribution in [-0.4, -0.2) is 11.0 Å². The first kappa shape index (κ1) is 12.4. The Hall–Kier alpha value is -0.630. The molecule has 0 fully saturated rings. The van der Waals surface area contributed by atoms with Gasteiger partial charge in [0.1, 0.15) is 5.75 Å². The average molecular weight is 228 g/mol. The minimum absolute atomic E-state index is 0.00942. The Morgan fingerprint density at radius 3 is 2.27 bits per heavy atom. The summed E-state index contributed by atoms with van der Waals surface area (Å²) in [5.74, 6) is 0.989. The van der Waals surface area contributed by atoms with Crippen LogP contribution in [0.2, 0.25) is 0 Å². The normalized spacial score (nSPS) is 15.0. The van der Waals surface area contributed by atoms with Gasteiger partial charge in [-0.05, 0) is 25.0 Å². The van der Waals surface area contributed by atoms with Crippen LogP contribution in [0, 0.1) is 5.92 Å². The summed E-state index contributed by atoms with van der Waals surface area (Å²) in [6.07, 6.45) is -0.00942. The molecule has 0 bridgehead atoms. The minimum Gasteiger partial charge on any atom is -0.427 e. The van der Waals surface area contributed by atoms with Crippen molar-refractivity contribution in [1.29, 1.82) is 0 Å². The maximum Gasteiger partial charge on any atom is 0.394 e. The van der Waals surface area contributed by atoms with Gasteiger partial charge in [-0.3, -0.25) is 4.52 Å². The molecule has 0 heterocycles. The van der Waals surface area contributed by atoms with Gasteiger partial charge >= 0.3 is 8.60 Å². The van der Waals surface area contributed by atoms with Crippen LogP contribution in [0.5, 0.6) is 5.75 Å². The van der Waals surface area contributed by atoms with Crippen LogP contribution in [0.25, 0.3) is 0 Å². The van der Waals surface area contributed by atoms with Crippen molar-refractivity contribution in [3.8, 4) is 5.75 Å². The molecule has 1 N–H and O–H groups in total. The molecular formula is C11H17O3P. The fourth-order valence-electron chi connectivity index (χ4n) is 0.857. The lowest BCUT2D eigenvalue weighted by atomic mass is 10.1. The third-order valence-electron chi connectivity index (χ3n) is 2.12. The zero-order valence-electron chi connectivity index (χ0n) is 9.25. The summed E-state index contributed by atoms with van der Waals surface area (Å²) in [7, 11) is -1.83. The van der Waals surface area contributed by atoms with Gasteiger partial charge in [0.2, 0.25) is 0 Å². The van der Waals surface area contributed by atoms with E-state index in [4.69, 9.17) is 9.05 Å². The van der Waals surface area contributed by atoms with Crippen molar-refractivity contribution in [3.05, 3.63) is 30.3 Å². The van der Waals surface area contributed by atoms with Gasteiger partial charge in [-0.15, -0.1) is 0 Å². The number of benzene rings is 1. The second-order valence-electron chi connectivity index (χ2n) is 3.70. The van der Waals surface area contributed by atoms with E-state index < -0.39 is 8.60 Å². The summed E-state index contributed by atoms with van der Waals surface area (Å²) in [4.78, 5) is 9.54. The van der Waals surface area contributed by atoms with E-state index in [1.165, 1.54) is 0 Å². The zero-order chi connectivity index (χ0) is 11.3. The highest BCUT2D eigenvalue weighted by molar-refractivity contribution is 7.41. The smallest absolute Gasteiger partial charge is 0.394 e. The summed E-state index contributed by atoms with van der Waals surface area (Å²) in [5.41, 5.74) is 0. The van der Waals surface area contributed by atoms with Gasteiger partial charge in [0.25, 0.3) is 0 Å². The standard InChI is InChI=1S/C11H17O3P/c1-9(2)10(3)13-15(12)14-11-7-5-4-6-8-11/h4-10,12H,1-3H3. The first-order valence-electron chi connectivity index (χ1n) is 4.98. The predicted octanol–water partition coefficient (Wildman–Crippen LogP) is 3.35. The fourth-order valence-corrected chi connectivity index (χ4v) is 1.73. The van der Waals surface area contributed by atoms with E-state index in [-0.39, 0.29) is 6.10 Å². The molecule has 1 rings (SSSR count). The lowest BCUT2D eigenvalue weighted by molar-refractivity contribution is 0.148. The van der Waals surface area contributed by atoms with Crippen molar-refractivity contribution in [1.82, 2.24) is 0 Å². The number of hydrogen-bond acceptors (Lipinski definition) is 3. The van der Waals surface area contributed by atoms with E-state index >= 15 is 0 Å². The molecular weight excluding hydrogens is 211 g/mol. The highest BCUT2D eigenvalue weighted by atomic mass is 31.2. The van der Waals surface area contributed by atoms with E-state index in [2.05, 4.69) is 0 Å². The van der Waals surface area contributed by atoms with Gasteiger partial charge < -0.3 is 9.42 Å². The predicted molar refractivity (Wildman–Crippen MR) is 61.6 cm³/mol. The number of hydrogen-bond donors (Lipinski definition) is 1. The van der Waals surface area contributed by atoms with Gasteiger partial charge in [-0.25, -0.2) is 0 Å². The quantitative estimate of drug-likeness (QED) is 0.785. The Labute approximate surface area is 92.0 Å². The Kier molecular flexibility index (Phi) is 5.03. The Morgan fingerprint density at radius 1 is 1.13 bits per heavy atom. The topological polar surface area (TPSA) is 38.7 Å². The van der Waals surface area contributed by atoms with E-state index in [1.807, 2.05) is 39.0 Å². The molecule has 4 heteroatoms. The number of rotatable bonds is 5. The van der Waals surface area contributed by atoms with Gasteiger partial charge in [0.15, 0.2) is 0 Å². The molecule has 0 aromatic heterocycles. The molecule has 0 amide bonds. The van der Waals surface area contributed by atoms with Crippen LogP contribution in [-0.2, 0) is 4.52 Å². The van der Waals surface area contributed by atoms with E-state index in [0.29, 0.717) is 11.7 Å². The summed E-state index contributed by atoms with van der Waals surface area (Å²) >= 11 is 0. The lowest BCUT2D eigenvalue weighted by Gasteiger charge is -2.19. The van der Waals surface area contributed by atoms with E-state index in [0.717, 1.165) is 0 Å². The summed E-state index contributed by atoms with van der Waals surface area (Å²) in [6, 6.07) is 9.17. The number of para-hydroxylation sites is 1. The first-order chi connectivity index (χ1) is 7.09. The van der Waals surface area contributed by atoms with Crippen molar-refractivity contribution in [3.63, 3.8) is 0 Å². The molecule has 0 aliphatic rings. The first-order valence-corrected chi connectivity index (χ1v) is 6.11. The maximum absolute atomic E-state index is 9.54. The molecule has 1 aromatic rings. The highest BCUT2D eigenvalue weighted by Crippen LogP contribution is 2.37. The molecule has 0 spiro atoms. The maximum atomic E-state index is 9.54. The van der Waals surface area contributed by atoms with Crippen molar-refractivity contribution in [2.45, 2.75) is 26.9 Å². The summed E-state index contributed by atoms with van der Waals surface area (Å²) in [5, 5.41) is 0. The van der Waals surface area contributed by atoms with E-state index in [1.54, 1.807) is 12.1 Å². The molecule has 0 radical (unpaired) electrons. The molecule has 15 heavy (non-hydrogen) atoms. The summed E-state index contributed by atoms with van der Waals surface area (Å²) in [6.45, 7) is 6.00. The third-order valence-corrected chi connectivity index (χ3v) is 3.00. The van der Waals surface area contributed by atoms with E-state index in [9.17, 15) is 4.89 Å². The van der Waals surface area contributed by atoms with Gasteiger partial charge in [0, 0.05) is 0 Å². The molecule has 1 aromatic carbocycles. The Balaban J connectivity index is 2.39. The van der Waals surface area contributed by atoms with Crippen LogP contribution in [0.4, 0.5) is 0 Å². The molecule has 2 unspecified atom stereocenters. The summed E-state index contributed by atoms with van der Waals surface area (Å²) < 4.78 is 10.5. The van der Waals surface area contributed by atoms with Crippen LogP contribution < -0.4 is 4.52 Å². The molecule has 0 saturated carbocycles. The van der Waals surface area contributed by atoms with Crippen LogP contribution in [0.15, 0.2) is 30.3 Å². The van der Waals surface area contributed by atoms with Crippen LogP contribution >= 0.6 is 8.60 Å². The zero-order valence-corrected chi connectivity index (χ0v) is 10.1. The molecule has 0 aliphatic heterocycles. The van der Waals surface area contributed by atoms with Crippen LogP contribution in [0.1, 0.15) is 20.8 Å². The molecule has 0 aliphatic carbocycles. The van der Waals surface area contributed by atoms with Crippen molar-refractivity contribution >= 4 is 8.60 Å². The van der Waals surface area contributed by atoms with Crippen LogP contribution in [0.3, 0.4) is 0 Å².